The highest BCUT2D eigenvalue weighted by Gasteiger charge is 2.32. The normalized spacial score (nSPS) is 12.3. The zero-order valence-electron chi connectivity index (χ0n) is 9.93. The summed E-state index contributed by atoms with van der Waals surface area (Å²) in [6.45, 7) is 3.74. The highest BCUT2D eigenvalue weighted by molar-refractivity contribution is 5.82. The molecule has 2 rings (SSSR count). The first-order valence-corrected chi connectivity index (χ1v) is 5.54. The van der Waals surface area contributed by atoms with Crippen LogP contribution in [0.5, 0.6) is 0 Å². The van der Waals surface area contributed by atoms with Gasteiger partial charge in [0.15, 0.2) is 5.43 Å². The Kier molecular flexibility index (Phi) is 2.92. The number of nitrogens with one attached hydrogen (secondary N) is 1. The molecule has 0 spiro atoms. The summed E-state index contributed by atoms with van der Waals surface area (Å²) < 4.78 is 38.0. The predicted molar refractivity (Wildman–Crippen MR) is 63.7 cm³/mol. The third-order valence-electron chi connectivity index (χ3n) is 2.82. The van der Waals surface area contributed by atoms with Crippen LogP contribution >= 0.6 is 0 Å². The summed E-state index contributed by atoms with van der Waals surface area (Å²) in [6, 6.07) is 5.54. The van der Waals surface area contributed by atoms with Gasteiger partial charge in [0.1, 0.15) is 5.69 Å². The van der Waals surface area contributed by atoms with Crippen LogP contribution in [0.15, 0.2) is 29.1 Å². The van der Waals surface area contributed by atoms with Gasteiger partial charge in [0.25, 0.3) is 0 Å². The van der Waals surface area contributed by atoms with E-state index >= 15 is 0 Å². The van der Waals surface area contributed by atoms with Crippen molar-refractivity contribution >= 4 is 10.9 Å². The molecule has 1 aromatic carbocycles. The summed E-state index contributed by atoms with van der Waals surface area (Å²) >= 11 is 0. The van der Waals surface area contributed by atoms with Gasteiger partial charge in [-0.15, -0.1) is 0 Å². The summed E-state index contributed by atoms with van der Waals surface area (Å²) in [6.07, 6.45) is -4.54. The third kappa shape index (κ3) is 2.12. The number of aromatic amines is 1. The zero-order chi connectivity index (χ0) is 13.5. The second-order valence-electron chi connectivity index (χ2n) is 4.47. The summed E-state index contributed by atoms with van der Waals surface area (Å²) in [5.41, 5.74) is -0.644. The van der Waals surface area contributed by atoms with Crippen molar-refractivity contribution in [3.05, 3.63) is 45.7 Å². The summed E-state index contributed by atoms with van der Waals surface area (Å²) in [5, 5.41) is 0.286. The number of benzene rings is 1. The maximum atomic E-state index is 12.7. The van der Waals surface area contributed by atoms with Gasteiger partial charge in [-0.25, -0.2) is 0 Å². The molecule has 0 aliphatic carbocycles. The largest absolute Gasteiger partial charge is 0.431 e. The molecule has 2 aromatic rings. The predicted octanol–water partition coefficient (Wildman–Crippen LogP) is 3.67. The Hall–Kier alpha value is -1.78. The molecular weight excluding hydrogens is 243 g/mol. The molecule has 1 N–H and O–H groups in total. The minimum atomic E-state index is -4.54. The number of para-hydroxylation sites is 1. The molecule has 2 nitrogen and oxygen atoms in total. The number of halogens is 3. The lowest BCUT2D eigenvalue weighted by Crippen LogP contribution is -2.14. The molecule has 0 unspecified atom stereocenters. The minimum Gasteiger partial charge on any atom is -0.351 e. The fourth-order valence-corrected chi connectivity index (χ4v) is 1.93. The first-order chi connectivity index (χ1) is 8.30. The smallest absolute Gasteiger partial charge is 0.351 e. The van der Waals surface area contributed by atoms with Gasteiger partial charge in [-0.05, 0) is 17.5 Å². The van der Waals surface area contributed by atoms with E-state index in [9.17, 15) is 18.0 Å². The van der Waals surface area contributed by atoms with Crippen LogP contribution in [0.25, 0.3) is 10.9 Å². The fraction of sp³-hybridized carbons (Fsp3) is 0.308. The van der Waals surface area contributed by atoms with Crippen molar-refractivity contribution in [3.8, 4) is 0 Å². The van der Waals surface area contributed by atoms with Crippen molar-refractivity contribution in [3.63, 3.8) is 0 Å². The van der Waals surface area contributed by atoms with Gasteiger partial charge in [0, 0.05) is 11.5 Å². The lowest BCUT2D eigenvalue weighted by Gasteiger charge is -2.12. The number of hydrogen-bond donors (Lipinski definition) is 1. The number of hydrogen-bond acceptors (Lipinski definition) is 1. The maximum Gasteiger partial charge on any atom is 0.431 e. The Bertz CT molecular complexity index is 641. The quantitative estimate of drug-likeness (QED) is 0.828. The summed E-state index contributed by atoms with van der Waals surface area (Å²) in [7, 11) is 0. The number of aromatic nitrogens is 1. The van der Waals surface area contributed by atoms with Gasteiger partial charge >= 0.3 is 6.18 Å². The van der Waals surface area contributed by atoms with Crippen molar-refractivity contribution in [2.45, 2.75) is 25.9 Å². The van der Waals surface area contributed by atoms with E-state index in [1.54, 1.807) is 12.1 Å². The van der Waals surface area contributed by atoms with E-state index in [1.165, 1.54) is 6.07 Å². The van der Waals surface area contributed by atoms with E-state index in [-0.39, 0.29) is 16.8 Å². The molecule has 0 bridgehead atoms. The van der Waals surface area contributed by atoms with Crippen molar-refractivity contribution in [2.24, 2.45) is 0 Å². The summed E-state index contributed by atoms with van der Waals surface area (Å²) in [5.74, 6) is 0.0350. The Morgan fingerprint density at radius 2 is 1.89 bits per heavy atom. The molecule has 1 aromatic heterocycles. The summed E-state index contributed by atoms with van der Waals surface area (Å²) in [4.78, 5) is 14.0. The average molecular weight is 255 g/mol. The minimum absolute atomic E-state index is 0.0350. The molecule has 0 amide bonds. The number of pyridine rings is 1. The second-order valence-corrected chi connectivity index (χ2v) is 4.47. The molecule has 0 radical (unpaired) electrons. The monoisotopic (exact) mass is 255 g/mol. The molecule has 0 fully saturated rings. The number of alkyl halides is 3. The van der Waals surface area contributed by atoms with E-state index in [0.717, 1.165) is 0 Å². The Morgan fingerprint density at radius 3 is 2.44 bits per heavy atom. The van der Waals surface area contributed by atoms with Crippen LogP contribution in [-0.2, 0) is 6.18 Å². The fourth-order valence-electron chi connectivity index (χ4n) is 1.93. The van der Waals surface area contributed by atoms with Crippen molar-refractivity contribution in [1.29, 1.82) is 0 Å². The van der Waals surface area contributed by atoms with Crippen LogP contribution in [0.3, 0.4) is 0 Å². The molecule has 0 atom stereocenters. The molecule has 0 saturated carbocycles. The number of rotatable bonds is 1. The molecular formula is C13H12F3NO. The van der Waals surface area contributed by atoms with Gasteiger partial charge in [-0.2, -0.15) is 13.2 Å². The van der Waals surface area contributed by atoms with E-state index in [0.29, 0.717) is 11.6 Å². The van der Waals surface area contributed by atoms with Gasteiger partial charge in [0.05, 0.1) is 5.52 Å². The Labute approximate surface area is 101 Å². The van der Waals surface area contributed by atoms with Gasteiger partial charge in [0.2, 0.25) is 0 Å². The van der Waals surface area contributed by atoms with Crippen molar-refractivity contribution in [1.82, 2.24) is 4.98 Å². The van der Waals surface area contributed by atoms with Crippen LogP contribution in [0.4, 0.5) is 13.2 Å². The van der Waals surface area contributed by atoms with Crippen LogP contribution in [0, 0.1) is 0 Å². The van der Waals surface area contributed by atoms with Crippen molar-refractivity contribution < 1.29 is 13.2 Å². The average Bonchev–Trinajstić information content (AvgIpc) is 2.26. The molecule has 18 heavy (non-hydrogen) atoms. The van der Waals surface area contributed by atoms with Gasteiger partial charge < -0.3 is 4.98 Å². The van der Waals surface area contributed by atoms with E-state index in [4.69, 9.17) is 0 Å². The third-order valence-corrected chi connectivity index (χ3v) is 2.82. The van der Waals surface area contributed by atoms with E-state index in [1.807, 2.05) is 13.8 Å². The molecule has 5 heteroatoms. The highest BCUT2D eigenvalue weighted by Crippen LogP contribution is 2.29. The zero-order valence-corrected chi connectivity index (χ0v) is 9.93. The first kappa shape index (κ1) is 12.7. The van der Waals surface area contributed by atoms with E-state index < -0.39 is 17.3 Å². The van der Waals surface area contributed by atoms with Gasteiger partial charge in [-0.3, -0.25) is 4.79 Å². The number of fused-ring (bicyclic) bond motifs is 1. The molecule has 0 aliphatic rings. The lowest BCUT2D eigenvalue weighted by molar-refractivity contribution is -0.141. The van der Waals surface area contributed by atoms with Crippen LogP contribution in [0.2, 0.25) is 0 Å². The second kappa shape index (κ2) is 4.15. The molecule has 1 heterocycles. The Morgan fingerprint density at radius 1 is 1.22 bits per heavy atom. The standard InChI is InChI=1S/C13H12F3NO/c1-7(2)8-4-3-5-9-10(18)6-11(13(14,15)16)17-12(8)9/h3-7H,1-2H3,(H,17,18). The first-order valence-electron chi connectivity index (χ1n) is 5.54. The van der Waals surface area contributed by atoms with Crippen LogP contribution in [-0.4, -0.2) is 4.98 Å². The number of H-pyrrole nitrogens is 1. The topological polar surface area (TPSA) is 32.9 Å². The molecule has 0 aliphatic heterocycles. The van der Waals surface area contributed by atoms with Gasteiger partial charge in [-0.1, -0.05) is 26.0 Å². The van der Waals surface area contributed by atoms with Crippen molar-refractivity contribution in [2.75, 3.05) is 0 Å². The lowest BCUT2D eigenvalue weighted by atomic mass is 9.99. The van der Waals surface area contributed by atoms with E-state index in [2.05, 4.69) is 4.98 Å². The van der Waals surface area contributed by atoms with Crippen LogP contribution in [0.1, 0.15) is 31.0 Å². The Balaban J connectivity index is 2.85. The molecule has 96 valence electrons. The van der Waals surface area contributed by atoms with Crippen LogP contribution < -0.4 is 5.43 Å². The molecule has 0 saturated heterocycles. The highest BCUT2D eigenvalue weighted by atomic mass is 19.4. The maximum absolute atomic E-state index is 12.7. The SMILES string of the molecule is CC(C)c1cccc2c(=O)cc(C(F)(F)F)[nH]c12.